The van der Waals surface area contributed by atoms with E-state index in [0.29, 0.717) is 25.4 Å². The van der Waals surface area contributed by atoms with Crippen LogP contribution in [0.15, 0.2) is 28.7 Å². The number of piperidine rings is 1. The van der Waals surface area contributed by atoms with E-state index >= 15 is 0 Å². The Morgan fingerprint density at radius 3 is 2.24 bits per heavy atom. The molecule has 6 nitrogen and oxygen atoms in total. The Balaban J connectivity index is 1.56. The molecule has 0 aliphatic carbocycles. The fraction of sp³-hybridized carbons (Fsp3) is 0.704. The number of carbonyl (C=O) groups is 2. The van der Waals surface area contributed by atoms with Gasteiger partial charge in [-0.2, -0.15) is 0 Å². The van der Waals surface area contributed by atoms with Crippen LogP contribution >= 0.6 is 15.9 Å². The van der Waals surface area contributed by atoms with Gasteiger partial charge in [0.1, 0.15) is 5.60 Å². The maximum atomic E-state index is 13.4. The largest absolute Gasteiger partial charge is 0.444 e. The number of piperazine rings is 1. The topological polar surface area (TPSA) is 53.1 Å². The van der Waals surface area contributed by atoms with Crippen LogP contribution in [0.3, 0.4) is 0 Å². The minimum atomic E-state index is -0.482. The smallest absolute Gasteiger partial charge is 0.410 e. The first-order valence-corrected chi connectivity index (χ1v) is 13.4. The van der Waals surface area contributed by atoms with Crippen LogP contribution in [0, 0.1) is 11.3 Å². The number of nitrogens with zero attached hydrogens (tertiary/aromatic N) is 3. The Bertz CT molecular complexity index is 853. The molecule has 1 unspecified atom stereocenters. The van der Waals surface area contributed by atoms with Crippen LogP contribution in [0.5, 0.6) is 0 Å². The van der Waals surface area contributed by atoms with Crippen molar-refractivity contribution >= 4 is 27.9 Å². The first kappa shape index (κ1) is 27.0. The zero-order valence-electron chi connectivity index (χ0n) is 21.8. The summed E-state index contributed by atoms with van der Waals surface area (Å²) in [4.78, 5) is 32.2. The number of likely N-dealkylation sites (tertiary alicyclic amines) is 1. The molecule has 0 saturated carbocycles. The summed E-state index contributed by atoms with van der Waals surface area (Å²) in [6.45, 7) is 17.1. The van der Waals surface area contributed by atoms with Crippen LogP contribution in [0.2, 0.25) is 0 Å². The van der Waals surface area contributed by atoms with Gasteiger partial charge in [-0.25, -0.2) is 4.79 Å². The minimum Gasteiger partial charge on any atom is -0.444 e. The number of ether oxygens (including phenoxy) is 1. The van der Waals surface area contributed by atoms with E-state index < -0.39 is 5.60 Å². The highest BCUT2D eigenvalue weighted by Crippen LogP contribution is 2.31. The van der Waals surface area contributed by atoms with Gasteiger partial charge < -0.3 is 14.5 Å². The van der Waals surface area contributed by atoms with E-state index in [-0.39, 0.29) is 23.5 Å². The second-order valence-corrected chi connectivity index (χ2v) is 12.8. The Hall–Kier alpha value is -1.60. The monoisotopic (exact) mass is 535 g/mol. The molecule has 2 amide bonds. The number of carbonyl (C=O) groups excluding carboxylic acids is 2. The van der Waals surface area contributed by atoms with E-state index in [1.807, 2.05) is 26.8 Å². The van der Waals surface area contributed by atoms with E-state index in [1.165, 1.54) is 5.56 Å². The first-order chi connectivity index (χ1) is 15.8. The summed E-state index contributed by atoms with van der Waals surface area (Å²) in [5.41, 5.74) is 0.805. The van der Waals surface area contributed by atoms with Crippen molar-refractivity contribution in [3.8, 4) is 0 Å². The molecule has 1 aromatic rings. The third kappa shape index (κ3) is 7.45. The molecule has 2 aliphatic heterocycles. The third-order valence-corrected chi connectivity index (χ3v) is 7.64. The Labute approximate surface area is 214 Å². The van der Waals surface area contributed by atoms with Gasteiger partial charge in [0, 0.05) is 56.2 Å². The molecule has 0 N–H and O–H groups in total. The van der Waals surface area contributed by atoms with E-state index in [0.717, 1.165) is 43.5 Å². The molecule has 0 aromatic heterocycles. The lowest BCUT2D eigenvalue weighted by atomic mass is 9.83. The molecule has 190 valence electrons. The Kier molecular flexibility index (Phi) is 8.72. The summed E-state index contributed by atoms with van der Waals surface area (Å²) in [6.07, 6.45) is 2.03. The van der Waals surface area contributed by atoms with Crippen LogP contribution in [-0.2, 0) is 16.1 Å². The molecule has 2 heterocycles. The van der Waals surface area contributed by atoms with Gasteiger partial charge in [-0.15, -0.1) is 0 Å². The van der Waals surface area contributed by atoms with Gasteiger partial charge in [0.15, 0.2) is 0 Å². The summed E-state index contributed by atoms with van der Waals surface area (Å²) < 4.78 is 6.64. The second-order valence-electron chi connectivity index (χ2n) is 11.9. The standard InChI is InChI=1S/C27H42BrN3O3/c1-26(2,3)23-19-29(18-21-9-7-8-10-22(21)28)15-16-31(23)24(32)17-20-11-13-30(14-12-20)25(33)34-27(4,5)6/h7-10,20,23H,11-19H2,1-6H3. The quantitative estimate of drug-likeness (QED) is 0.507. The number of hydrogen-bond acceptors (Lipinski definition) is 4. The zero-order chi connectivity index (χ0) is 25.1. The molecule has 3 rings (SSSR count). The highest BCUT2D eigenvalue weighted by atomic mass is 79.9. The fourth-order valence-corrected chi connectivity index (χ4v) is 5.31. The van der Waals surface area contributed by atoms with Crippen molar-refractivity contribution in [1.82, 2.24) is 14.7 Å². The highest BCUT2D eigenvalue weighted by molar-refractivity contribution is 9.10. The van der Waals surface area contributed by atoms with Crippen molar-refractivity contribution in [3.63, 3.8) is 0 Å². The normalized spacial score (nSPS) is 21.0. The Morgan fingerprint density at radius 2 is 1.65 bits per heavy atom. The average molecular weight is 537 g/mol. The molecule has 2 fully saturated rings. The summed E-state index contributed by atoms with van der Waals surface area (Å²) in [6, 6.07) is 8.55. The van der Waals surface area contributed by atoms with E-state index in [1.54, 1.807) is 4.90 Å². The van der Waals surface area contributed by atoms with Crippen molar-refractivity contribution in [2.45, 2.75) is 79.0 Å². The highest BCUT2D eigenvalue weighted by Gasteiger charge is 2.39. The van der Waals surface area contributed by atoms with E-state index in [2.05, 4.69) is 64.7 Å². The first-order valence-electron chi connectivity index (χ1n) is 12.6. The van der Waals surface area contributed by atoms with Gasteiger partial charge in [0.25, 0.3) is 0 Å². The predicted octanol–water partition coefficient (Wildman–Crippen LogP) is 5.55. The van der Waals surface area contributed by atoms with Gasteiger partial charge in [-0.05, 0) is 56.6 Å². The van der Waals surface area contributed by atoms with Crippen molar-refractivity contribution in [3.05, 3.63) is 34.3 Å². The molecule has 0 spiro atoms. The van der Waals surface area contributed by atoms with Gasteiger partial charge in [-0.3, -0.25) is 9.69 Å². The van der Waals surface area contributed by atoms with Crippen LogP contribution in [-0.4, -0.2) is 71.1 Å². The Morgan fingerprint density at radius 1 is 1.00 bits per heavy atom. The molecule has 0 bridgehead atoms. The molecule has 7 heteroatoms. The lowest BCUT2D eigenvalue weighted by Crippen LogP contribution is -2.59. The van der Waals surface area contributed by atoms with Gasteiger partial charge in [-0.1, -0.05) is 54.9 Å². The average Bonchev–Trinajstić information content (AvgIpc) is 2.74. The van der Waals surface area contributed by atoms with Crippen LogP contribution < -0.4 is 0 Å². The predicted molar refractivity (Wildman–Crippen MR) is 140 cm³/mol. The summed E-state index contributed by atoms with van der Waals surface area (Å²) in [5, 5.41) is 0. The van der Waals surface area contributed by atoms with Crippen molar-refractivity contribution in [2.24, 2.45) is 11.3 Å². The number of rotatable bonds is 4. The van der Waals surface area contributed by atoms with Crippen molar-refractivity contribution < 1.29 is 14.3 Å². The fourth-order valence-electron chi connectivity index (χ4n) is 4.90. The SMILES string of the molecule is CC(C)(C)OC(=O)N1CCC(CC(=O)N2CCN(Cc3ccccc3Br)CC2C(C)(C)C)CC1. The second kappa shape index (κ2) is 11.0. The number of hydrogen-bond donors (Lipinski definition) is 0. The van der Waals surface area contributed by atoms with E-state index in [4.69, 9.17) is 4.74 Å². The zero-order valence-corrected chi connectivity index (χ0v) is 23.4. The van der Waals surface area contributed by atoms with Crippen LogP contribution in [0.25, 0.3) is 0 Å². The molecule has 34 heavy (non-hydrogen) atoms. The number of amides is 2. The number of halogens is 1. The van der Waals surface area contributed by atoms with Gasteiger partial charge >= 0.3 is 6.09 Å². The third-order valence-electron chi connectivity index (χ3n) is 6.87. The maximum absolute atomic E-state index is 13.4. The van der Waals surface area contributed by atoms with Crippen molar-refractivity contribution in [2.75, 3.05) is 32.7 Å². The van der Waals surface area contributed by atoms with Crippen molar-refractivity contribution in [1.29, 1.82) is 0 Å². The summed E-state index contributed by atoms with van der Waals surface area (Å²) >= 11 is 3.67. The van der Waals surface area contributed by atoms with Crippen LogP contribution in [0.4, 0.5) is 4.79 Å². The maximum Gasteiger partial charge on any atom is 0.410 e. The van der Waals surface area contributed by atoms with Gasteiger partial charge in [0.05, 0.1) is 0 Å². The summed E-state index contributed by atoms with van der Waals surface area (Å²) in [7, 11) is 0. The van der Waals surface area contributed by atoms with Gasteiger partial charge in [0.2, 0.25) is 5.91 Å². The molecule has 1 aromatic carbocycles. The molecular weight excluding hydrogens is 494 g/mol. The molecule has 0 radical (unpaired) electrons. The lowest BCUT2D eigenvalue weighted by molar-refractivity contribution is -0.141. The minimum absolute atomic E-state index is 0.00231. The molecular formula is C27H42BrN3O3. The summed E-state index contributed by atoms with van der Waals surface area (Å²) in [5.74, 6) is 0.585. The molecule has 2 aliphatic rings. The van der Waals surface area contributed by atoms with E-state index in [9.17, 15) is 9.59 Å². The lowest BCUT2D eigenvalue weighted by Gasteiger charge is -2.48. The van der Waals surface area contributed by atoms with Crippen LogP contribution in [0.1, 0.15) is 66.4 Å². The molecule has 1 atom stereocenters. The molecule has 2 saturated heterocycles. The number of benzene rings is 1.